The molecule has 0 atom stereocenters. The molecular weight excluding hydrogens is 348 g/mol. The summed E-state index contributed by atoms with van der Waals surface area (Å²) in [6.07, 6.45) is 0. The van der Waals surface area contributed by atoms with Crippen molar-refractivity contribution in [1.29, 1.82) is 0 Å². The minimum atomic E-state index is -0.432. The second-order valence-electron chi connectivity index (χ2n) is 4.43. The number of hydrogen-bond donors (Lipinski definition) is 0. The lowest BCUT2D eigenvalue weighted by Crippen LogP contribution is -2.14. The zero-order valence-electron chi connectivity index (χ0n) is 12.0. The van der Waals surface area contributed by atoms with E-state index in [2.05, 4.69) is 15.9 Å². The monoisotopic (exact) mass is 362 g/mol. The highest BCUT2D eigenvalue weighted by molar-refractivity contribution is 9.10. The minimum Gasteiger partial charge on any atom is -0.481 e. The molecule has 0 fully saturated rings. The lowest BCUT2D eigenvalue weighted by Gasteiger charge is -2.09. The highest BCUT2D eigenvalue weighted by Crippen LogP contribution is 2.27. The standard InChI is InChI=1S/C17H15BrO4/c1-2-21-16(19)11-22-15-9-8-13(10-14(15)18)17(20)12-6-4-3-5-7-12/h3-10H,2,11H2,1H3. The number of esters is 1. The Hall–Kier alpha value is -2.14. The van der Waals surface area contributed by atoms with Gasteiger partial charge in [0.15, 0.2) is 12.4 Å². The first-order chi connectivity index (χ1) is 10.6. The molecule has 0 N–H and O–H groups in total. The lowest BCUT2D eigenvalue weighted by molar-refractivity contribution is -0.145. The molecule has 0 aliphatic carbocycles. The van der Waals surface area contributed by atoms with Gasteiger partial charge in [-0.3, -0.25) is 4.79 Å². The number of carbonyl (C=O) groups is 2. The van der Waals surface area contributed by atoms with E-state index in [0.717, 1.165) is 0 Å². The van der Waals surface area contributed by atoms with Crippen LogP contribution in [0.15, 0.2) is 53.0 Å². The SMILES string of the molecule is CCOC(=O)COc1ccc(C(=O)c2ccccc2)cc1Br. The van der Waals surface area contributed by atoms with E-state index >= 15 is 0 Å². The van der Waals surface area contributed by atoms with Gasteiger partial charge in [-0.2, -0.15) is 0 Å². The lowest BCUT2D eigenvalue weighted by atomic mass is 10.0. The Labute approximate surface area is 137 Å². The summed E-state index contributed by atoms with van der Waals surface area (Å²) in [5.74, 6) is -0.0188. The summed E-state index contributed by atoms with van der Waals surface area (Å²) in [4.78, 5) is 23.6. The van der Waals surface area contributed by atoms with Gasteiger partial charge in [0.2, 0.25) is 0 Å². The molecule has 0 bridgehead atoms. The Bertz CT molecular complexity index is 668. The zero-order chi connectivity index (χ0) is 15.9. The summed E-state index contributed by atoms with van der Waals surface area (Å²) in [5, 5.41) is 0. The van der Waals surface area contributed by atoms with Crippen LogP contribution in [0.4, 0.5) is 0 Å². The Morgan fingerprint density at radius 1 is 1.05 bits per heavy atom. The summed E-state index contributed by atoms with van der Waals surface area (Å²) in [5.41, 5.74) is 1.16. The molecule has 114 valence electrons. The van der Waals surface area contributed by atoms with Gasteiger partial charge in [-0.25, -0.2) is 4.79 Å². The summed E-state index contributed by atoms with van der Waals surface area (Å²) in [6.45, 7) is 1.88. The van der Waals surface area contributed by atoms with Crippen LogP contribution in [-0.4, -0.2) is 25.0 Å². The Morgan fingerprint density at radius 2 is 1.77 bits per heavy atom. The maximum absolute atomic E-state index is 12.3. The van der Waals surface area contributed by atoms with Crippen LogP contribution < -0.4 is 4.74 Å². The van der Waals surface area contributed by atoms with E-state index in [1.807, 2.05) is 18.2 Å². The fourth-order valence-corrected chi connectivity index (χ4v) is 2.35. The van der Waals surface area contributed by atoms with Crippen LogP contribution in [-0.2, 0) is 9.53 Å². The molecule has 0 aliphatic rings. The molecule has 2 rings (SSSR count). The van der Waals surface area contributed by atoms with Crippen LogP contribution in [0.3, 0.4) is 0 Å². The van der Waals surface area contributed by atoms with E-state index in [1.165, 1.54) is 0 Å². The summed E-state index contributed by atoms with van der Waals surface area (Å²) >= 11 is 3.35. The number of benzene rings is 2. The molecule has 2 aromatic rings. The van der Waals surface area contributed by atoms with Gasteiger partial charge in [0, 0.05) is 11.1 Å². The van der Waals surface area contributed by atoms with Gasteiger partial charge in [0.25, 0.3) is 0 Å². The zero-order valence-corrected chi connectivity index (χ0v) is 13.6. The van der Waals surface area contributed by atoms with Crippen molar-refractivity contribution in [2.75, 3.05) is 13.2 Å². The Kier molecular flexibility index (Phi) is 5.72. The van der Waals surface area contributed by atoms with Crippen molar-refractivity contribution >= 4 is 27.7 Å². The molecule has 0 unspecified atom stereocenters. The third kappa shape index (κ3) is 4.18. The topological polar surface area (TPSA) is 52.6 Å². The smallest absolute Gasteiger partial charge is 0.344 e. The summed E-state index contributed by atoms with van der Waals surface area (Å²) in [6, 6.07) is 14.0. The second kappa shape index (κ2) is 7.75. The third-order valence-electron chi connectivity index (χ3n) is 2.88. The molecule has 0 heterocycles. The fourth-order valence-electron chi connectivity index (χ4n) is 1.85. The van der Waals surface area contributed by atoms with Gasteiger partial charge in [0.05, 0.1) is 11.1 Å². The van der Waals surface area contributed by atoms with Crippen molar-refractivity contribution < 1.29 is 19.1 Å². The predicted molar refractivity (Wildman–Crippen MR) is 86.1 cm³/mol. The molecule has 0 spiro atoms. The van der Waals surface area contributed by atoms with E-state index in [-0.39, 0.29) is 12.4 Å². The number of hydrogen-bond acceptors (Lipinski definition) is 4. The molecular formula is C17H15BrO4. The second-order valence-corrected chi connectivity index (χ2v) is 5.29. The van der Waals surface area contributed by atoms with Crippen molar-refractivity contribution in [3.8, 4) is 5.75 Å². The highest BCUT2D eigenvalue weighted by Gasteiger charge is 2.12. The molecule has 0 saturated carbocycles. The predicted octanol–water partition coefficient (Wildman–Crippen LogP) is 3.62. The maximum Gasteiger partial charge on any atom is 0.344 e. The molecule has 0 radical (unpaired) electrons. The van der Waals surface area contributed by atoms with E-state index in [9.17, 15) is 9.59 Å². The summed E-state index contributed by atoms with van der Waals surface area (Å²) in [7, 11) is 0. The van der Waals surface area contributed by atoms with Crippen LogP contribution in [0, 0.1) is 0 Å². The van der Waals surface area contributed by atoms with Gasteiger partial charge in [-0.15, -0.1) is 0 Å². The van der Waals surface area contributed by atoms with Crippen molar-refractivity contribution in [3.63, 3.8) is 0 Å². The minimum absolute atomic E-state index is 0.0711. The number of ether oxygens (including phenoxy) is 2. The molecule has 0 aromatic heterocycles. The molecule has 0 saturated heterocycles. The first-order valence-electron chi connectivity index (χ1n) is 6.79. The van der Waals surface area contributed by atoms with Crippen molar-refractivity contribution in [2.24, 2.45) is 0 Å². The quantitative estimate of drug-likeness (QED) is 0.581. The molecule has 0 aliphatic heterocycles. The van der Waals surface area contributed by atoms with Crippen LogP contribution in [0.1, 0.15) is 22.8 Å². The largest absolute Gasteiger partial charge is 0.481 e. The van der Waals surface area contributed by atoms with Gasteiger partial charge in [-0.05, 0) is 41.1 Å². The van der Waals surface area contributed by atoms with Gasteiger partial charge < -0.3 is 9.47 Å². The van der Waals surface area contributed by atoms with Gasteiger partial charge >= 0.3 is 5.97 Å². The molecule has 5 heteroatoms. The number of carbonyl (C=O) groups excluding carboxylic acids is 2. The van der Waals surface area contributed by atoms with Gasteiger partial charge in [0.1, 0.15) is 5.75 Å². The van der Waals surface area contributed by atoms with Gasteiger partial charge in [-0.1, -0.05) is 30.3 Å². The van der Waals surface area contributed by atoms with Crippen LogP contribution in [0.2, 0.25) is 0 Å². The number of ketones is 1. The first kappa shape index (κ1) is 16.2. The fraction of sp³-hybridized carbons (Fsp3) is 0.176. The van der Waals surface area contributed by atoms with Crippen LogP contribution in [0.5, 0.6) is 5.75 Å². The number of rotatable bonds is 6. The van der Waals surface area contributed by atoms with E-state index < -0.39 is 5.97 Å². The molecule has 22 heavy (non-hydrogen) atoms. The average Bonchev–Trinajstić information content (AvgIpc) is 2.54. The first-order valence-corrected chi connectivity index (χ1v) is 7.59. The van der Waals surface area contributed by atoms with Crippen LogP contribution >= 0.6 is 15.9 Å². The van der Waals surface area contributed by atoms with E-state index in [4.69, 9.17) is 9.47 Å². The Morgan fingerprint density at radius 3 is 2.41 bits per heavy atom. The molecule has 0 amide bonds. The average molecular weight is 363 g/mol. The molecule has 2 aromatic carbocycles. The van der Waals surface area contributed by atoms with E-state index in [0.29, 0.717) is 28.0 Å². The van der Waals surface area contributed by atoms with Crippen LogP contribution in [0.25, 0.3) is 0 Å². The van der Waals surface area contributed by atoms with Crippen molar-refractivity contribution in [2.45, 2.75) is 6.92 Å². The number of halogens is 1. The van der Waals surface area contributed by atoms with Crippen molar-refractivity contribution in [3.05, 3.63) is 64.1 Å². The summed E-state index contributed by atoms with van der Waals surface area (Å²) < 4.78 is 10.8. The maximum atomic E-state index is 12.3. The Balaban J connectivity index is 2.09. The van der Waals surface area contributed by atoms with Crippen molar-refractivity contribution in [1.82, 2.24) is 0 Å². The third-order valence-corrected chi connectivity index (χ3v) is 3.50. The highest BCUT2D eigenvalue weighted by atomic mass is 79.9. The van der Waals surface area contributed by atoms with E-state index in [1.54, 1.807) is 37.3 Å². The molecule has 4 nitrogen and oxygen atoms in total. The normalized spacial score (nSPS) is 10.1.